The molecule has 2 aliphatic heterocycles. The van der Waals surface area contributed by atoms with Crippen LogP contribution in [0.15, 0.2) is 28.1 Å². The Bertz CT molecular complexity index is 686. The number of carbonyl (C=O) groups excluding carboxylic acids is 2. The number of nitrogens with one attached hydrogen (secondary N) is 1. The van der Waals surface area contributed by atoms with E-state index >= 15 is 0 Å². The van der Waals surface area contributed by atoms with Gasteiger partial charge in [-0.3, -0.25) is 14.5 Å². The van der Waals surface area contributed by atoms with E-state index < -0.39 is 12.0 Å². The Balaban J connectivity index is 1.69. The Morgan fingerprint density at radius 2 is 2.30 bits per heavy atom. The molecule has 0 bridgehead atoms. The van der Waals surface area contributed by atoms with Gasteiger partial charge in [-0.05, 0) is 17.7 Å². The van der Waals surface area contributed by atoms with Crippen molar-refractivity contribution in [1.29, 1.82) is 0 Å². The number of thiophene rings is 1. The van der Waals surface area contributed by atoms with Crippen LogP contribution in [0.5, 0.6) is 0 Å². The van der Waals surface area contributed by atoms with Gasteiger partial charge in [0.15, 0.2) is 0 Å². The van der Waals surface area contributed by atoms with Crippen molar-refractivity contribution in [1.82, 2.24) is 10.2 Å². The van der Waals surface area contributed by atoms with Crippen molar-refractivity contribution in [3.8, 4) is 0 Å². The predicted molar refractivity (Wildman–Crippen MR) is 91.2 cm³/mol. The lowest BCUT2D eigenvalue weighted by atomic mass is 10.0. The van der Waals surface area contributed by atoms with Gasteiger partial charge in [0.1, 0.15) is 17.1 Å². The molecule has 6 nitrogen and oxygen atoms in total. The minimum atomic E-state index is -1.10. The monoisotopic (exact) mass is 370 g/mol. The molecule has 0 aromatic carbocycles. The summed E-state index contributed by atoms with van der Waals surface area (Å²) in [5.74, 6) is -1.14. The third kappa shape index (κ3) is 3.00. The summed E-state index contributed by atoms with van der Waals surface area (Å²) in [6.45, 7) is 0. The number of carbonyl (C=O) groups is 3. The second kappa shape index (κ2) is 6.58. The summed E-state index contributed by atoms with van der Waals surface area (Å²) in [5.41, 5.74) is 0.0509. The SMILES string of the molecule is CSC1=C(C(=O)O)N2C(=O)[C@@H](NC(=O)Cc3cccs3)[C@@H]2SC1. The zero-order chi connectivity index (χ0) is 16.6. The molecule has 1 saturated heterocycles. The Morgan fingerprint density at radius 1 is 1.52 bits per heavy atom. The highest BCUT2D eigenvalue weighted by Crippen LogP contribution is 2.42. The average molecular weight is 370 g/mol. The molecule has 1 fully saturated rings. The quantitative estimate of drug-likeness (QED) is 0.761. The third-order valence-electron chi connectivity index (χ3n) is 3.61. The topological polar surface area (TPSA) is 86.7 Å². The van der Waals surface area contributed by atoms with Crippen LogP contribution in [-0.4, -0.2) is 51.2 Å². The molecule has 2 N–H and O–H groups in total. The van der Waals surface area contributed by atoms with Gasteiger partial charge in [-0.1, -0.05) is 6.07 Å². The number of carboxylic acid groups (broad SMARTS) is 1. The van der Waals surface area contributed by atoms with E-state index in [9.17, 15) is 19.5 Å². The lowest BCUT2D eigenvalue weighted by Crippen LogP contribution is -2.70. The summed E-state index contributed by atoms with van der Waals surface area (Å²) in [6.07, 6.45) is 2.03. The van der Waals surface area contributed by atoms with E-state index in [0.717, 1.165) is 4.88 Å². The van der Waals surface area contributed by atoms with Gasteiger partial charge in [0.25, 0.3) is 5.91 Å². The highest BCUT2D eigenvalue weighted by Gasteiger charge is 2.54. The molecule has 0 spiro atoms. The van der Waals surface area contributed by atoms with Crippen molar-refractivity contribution < 1.29 is 19.5 Å². The number of thioether (sulfide) groups is 2. The van der Waals surface area contributed by atoms with Crippen LogP contribution in [0.3, 0.4) is 0 Å². The Kier molecular flexibility index (Phi) is 4.69. The molecule has 2 atom stereocenters. The number of amides is 2. The third-order valence-corrected chi connectivity index (χ3v) is 6.78. The van der Waals surface area contributed by atoms with Crippen molar-refractivity contribution in [2.45, 2.75) is 17.8 Å². The number of fused-ring (bicyclic) bond motifs is 1. The molecule has 9 heteroatoms. The van der Waals surface area contributed by atoms with Crippen molar-refractivity contribution in [3.05, 3.63) is 33.0 Å². The van der Waals surface area contributed by atoms with Gasteiger partial charge < -0.3 is 10.4 Å². The first-order valence-corrected chi connectivity index (χ1v) is 9.95. The molecule has 1 aromatic rings. The van der Waals surface area contributed by atoms with Crippen molar-refractivity contribution in [3.63, 3.8) is 0 Å². The van der Waals surface area contributed by atoms with Crippen LogP contribution in [0.1, 0.15) is 4.88 Å². The van der Waals surface area contributed by atoms with E-state index in [0.29, 0.717) is 10.7 Å². The fraction of sp³-hybridized carbons (Fsp3) is 0.357. The van der Waals surface area contributed by atoms with Crippen LogP contribution in [0.25, 0.3) is 0 Å². The number of hydrogen-bond donors (Lipinski definition) is 2. The van der Waals surface area contributed by atoms with E-state index in [-0.39, 0.29) is 29.3 Å². The number of nitrogens with zero attached hydrogens (tertiary/aromatic N) is 1. The molecule has 23 heavy (non-hydrogen) atoms. The van der Waals surface area contributed by atoms with Crippen molar-refractivity contribution in [2.75, 3.05) is 12.0 Å². The first-order chi connectivity index (χ1) is 11.0. The van der Waals surface area contributed by atoms with E-state index in [1.54, 1.807) is 6.26 Å². The van der Waals surface area contributed by atoms with Crippen LogP contribution in [0.4, 0.5) is 0 Å². The summed E-state index contributed by atoms with van der Waals surface area (Å²) in [5, 5.41) is 13.6. The normalized spacial score (nSPS) is 23.3. The molecular formula is C14H14N2O4S3. The second-order valence-electron chi connectivity index (χ2n) is 4.99. The second-order valence-corrected chi connectivity index (χ2v) is 8.03. The summed E-state index contributed by atoms with van der Waals surface area (Å²) < 4.78 is 0. The van der Waals surface area contributed by atoms with Crippen LogP contribution in [0.2, 0.25) is 0 Å². The molecule has 0 aliphatic carbocycles. The zero-order valence-electron chi connectivity index (χ0n) is 12.1. The minimum absolute atomic E-state index is 0.0509. The molecule has 1 aromatic heterocycles. The molecular weight excluding hydrogens is 356 g/mol. The molecule has 2 aliphatic rings. The van der Waals surface area contributed by atoms with Gasteiger partial charge in [-0.2, -0.15) is 0 Å². The van der Waals surface area contributed by atoms with Gasteiger partial charge in [0.05, 0.1) is 6.42 Å². The summed E-state index contributed by atoms with van der Waals surface area (Å²) in [6, 6.07) is 3.09. The van der Waals surface area contributed by atoms with Crippen molar-refractivity contribution in [2.24, 2.45) is 0 Å². The van der Waals surface area contributed by atoms with Gasteiger partial charge >= 0.3 is 5.97 Å². The molecule has 0 saturated carbocycles. The van der Waals surface area contributed by atoms with Crippen LogP contribution in [-0.2, 0) is 20.8 Å². The fourth-order valence-corrected chi connectivity index (χ4v) is 5.50. The average Bonchev–Trinajstić information content (AvgIpc) is 3.03. The first kappa shape index (κ1) is 16.4. The maximum absolute atomic E-state index is 12.3. The molecule has 0 unspecified atom stereocenters. The number of β-lactam (4-membered cyclic amide) rings is 1. The zero-order valence-corrected chi connectivity index (χ0v) is 14.6. The van der Waals surface area contributed by atoms with Crippen molar-refractivity contribution >= 4 is 52.6 Å². The first-order valence-electron chi connectivity index (χ1n) is 6.79. The summed E-state index contributed by atoms with van der Waals surface area (Å²) >= 11 is 4.31. The van der Waals surface area contributed by atoms with Gasteiger partial charge in [-0.15, -0.1) is 34.9 Å². The lowest BCUT2D eigenvalue weighted by molar-refractivity contribution is -0.150. The molecule has 122 valence electrons. The Labute approximate surface area is 145 Å². The summed E-state index contributed by atoms with van der Waals surface area (Å²) in [7, 11) is 0. The minimum Gasteiger partial charge on any atom is -0.477 e. The Morgan fingerprint density at radius 3 is 2.91 bits per heavy atom. The number of rotatable bonds is 5. The molecule has 2 amide bonds. The van der Waals surface area contributed by atoms with E-state index in [2.05, 4.69) is 5.32 Å². The summed E-state index contributed by atoms with van der Waals surface area (Å²) in [4.78, 5) is 38.7. The molecule has 3 heterocycles. The van der Waals surface area contributed by atoms with Gasteiger partial charge in [-0.25, -0.2) is 4.79 Å². The van der Waals surface area contributed by atoms with Crippen LogP contribution < -0.4 is 5.32 Å². The predicted octanol–water partition coefficient (Wildman–Crippen LogP) is 1.35. The lowest BCUT2D eigenvalue weighted by Gasteiger charge is -2.49. The molecule has 0 radical (unpaired) electrons. The van der Waals surface area contributed by atoms with Crippen LogP contribution >= 0.6 is 34.9 Å². The largest absolute Gasteiger partial charge is 0.477 e. The van der Waals surface area contributed by atoms with Gasteiger partial charge in [0.2, 0.25) is 5.91 Å². The fourth-order valence-electron chi connectivity index (χ4n) is 2.54. The number of carboxylic acids is 1. The van der Waals surface area contributed by atoms with E-state index in [1.807, 2.05) is 17.5 Å². The maximum Gasteiger partial charge on any atom is 0.353 e. The highest BCUT2D eigenvalue weighted by molar-refractivity contribution is 8.05. The van der Waals surface area contributed by atoms with Crippen LogP contribution in [0, 0.1) is 0 Å². The van der Waals surface area contributed by atoms with E-state index in [1.165, 1.54) is 39.8 Å². The smallest absolute Gasteiger partial charge is 0.353 e. The molecule has 3 rings (SSSR count). The Hall–Kier alpha value is -1.45. The highest BCUT2D eigenvalue weighted by atomic mass is 32.2. The van der Waals surface area contributed by atoms with Gasteiger partial charge in [0, 0.05) is 15.5 Å². The number of aliphatic carboxylic acids is 1. The standard InChI is InChI=1S/C14H14N2O4S3/c1-21-8-6-23-13-10(12(18)16(13)11(8)14(19)20)15-9(17)5-7-3-2-4-22-7/h2-4,10,13H,5-6H2,1H3,(H,15,17)(H,19,20)/t10-,13+/m1/s1. The van der Waals surface area contributed by atoms with E-state index in [4.69, 9.17) is 0 Å². The number of hydrogen-bond acceptors (Lipinski definition) is 6. The maximum atomic E-state index is 12.3.